The van der Waals surface area contributed by atoms with Crippen molar-refractivity contribution in [3.8, 4) is 11.1 Å². The van der Waals surface area contributed by atoms with Crippen LogP contribution in [0.5, 0.6) is 0 Å². The molecule has 2 nitrogen and oxygen atoms in total. The molecule has 0 aliphatic rings. The zero-order chi connectivity index (χ0) is 13.2. The van der Waals surface area contributed by atoms with Gasteiger partial charge in [0.2, 0.25) is 0 Å². The van der Waals surface area contributed by atoms with Crippen LogP contribution >= 0.6 is 8.38 Å². The Kier molecular flexibility index (Phi) is 7.28. The zero-order valence-corrected chi connectivity index (χ0v) is 11.9. The Morgan fingerprint density at radius 2 is 1.00 bits per heavy atom. The Labute approximate surface area is 110 Å². The normalized spacial score (nSPS) is 9.78. The van der Waals surface area contributed by atoms with Crippen LogP contribution in [0.1, 0.15) is 0 Å². The van der Waals surface area contributed by atoms with Gasteiger partial charge in [0.25, 0.3) is 0 Å². The van der Waals surface area contributed by atoms with Crippen LogP contribution in [0.15, 0.2) is 60.7 Å². The molecule has 0 unspecified atom stereocenters. The maximum atomic E-state index is 4.74. The summed E-state index contributed by atoms with van der Waals surface area (Å²) in [5.74, 6) is 0. The molecule has 18 heavy (non-hydrogen) atoms. The fraction of sp³-hybridized carbons (Fsp3) is 0.200. The van der Waals surface area contributed by atoms with E-state index in [-0.39, 0.29) is 0 Å². The summed E-state index contributed by atoms with van der Waals surface area (Å²) in [5, 5.41) is 0. The van der Waals surface area contributed by atoms with Crippen LogP contribution in [0.4, 0.5) is 0 Å². The van der Waals surface area contributed by atoms with Gasteiger partial charge in [-0.2, -0.15) is 0 Å². The van der Waals surface area contributed by atoms with Crippen molar-refractivity contribution in [1.29, 1.82) is 0 Å². The summed E-state index contributed by atoms with van der Waals surface area (Å²) in [7, 11) is 2.69. The Morgan fingerprint density at radius 3 is 1.22 bits per heavy atom. The molecule has 0 aliphatic carbocycles. The minimum atomic E-state index is -0.576. The van der Waals surface area contributed by atoms with Gasteiger partial charge < -0.3 is 9.05 Å². The van der Waals surface area contributed by atoms with E-state index in [1.54, 1.807) is 14.2 Å². The first-order chi connectivity index (χ1) is 8.77. The number of benzene rings is 2. The Bertz CT molecular complexity index is 376. The van der Waals surface area contributed by atoms with E-state index in [0.29, 0.717) is 0 Å². The monoisotopic (exact) mass is 262 g/mol. The molecule has 0 N–H and O–H groups in total. The standard InChI is InChI=1S/C12H10.C3H9O2P/c1-3-7-11(8-4-1)12-9-5-2-6-10-12;1-4-6(3)5-2/h1-10H;1-3H3. The lowest BCUT2D eigenvalue weighted by Gasteiger charge is -2.01. The van der Waals surface area contributed by atoms with Gasteiger partial charge in [0, 0.05) is 20.9 Å². The van der Waals surface area contributed by atoms with Gasteiger partial charge in [-0.3, -0.25) is 0 Å². The Morgan fingerprint density at radius 1 is 0.667 bits per heavy atom. The van der Waals surface area contributed by atoms with Gasteiger partial charge in [-0.15, -0.1) is 0 Å². The molecule has 0 atom stereocenters. The maximum Gasteiger partial charge on any atom is 0.166 e. The molecule has 2 aromatic rings. The highest BCUT2D eigenvalue weighted by Crippen LogP contribution is 2.29. The van der Waals surface area contributed by atoms with E-state index >= 15 is 0 Å². The third-order valence-corrected chi connectivity index (χ3v) is 3.42. The van der Waals surface area contributed by atoms with Crippen molar-refractivity contribution in [3.63, 3.8) is 0 Å². The van der Waals surface area contributed by atoms with Crippen molar-refractivity contribution in [3.05, 3.63) is 60.7 Å². The first-order valence-corrected chi connectivity index (χ1v) is 7.32. The molecule has 0 fully saturated rings. The van der Waals surface area contributed by atoms with Crippen molar-refractivity contribution < 1.29 is 9.05 Å². The van der Waals surface area contributed by atoms with E-state index in [1.165, 1.54) is 11.1 Å². The van der Waals surface area contributed by atoms with Crippen LogP contribution < -0.4 is 0 Å². The second kappa shape index (κ2) is 8.82. The van der Waals surface area contributed by atoms with Crippen LogP contribution in [-0.4, -0.2) is 20.9 Å². The molecule has 0 spiro atoms. The fourth-order valence-corrected chi connectivity index (χ4v) is 1.48. The number of hydrogen-bond acceptors (Lipinski definition) is 2. The topological polar surface area (TPSA) is 18.5 Å². The largest absolute Gasteiger partial charge is 0.338 e. The fourth-order valence-electron chi connectivity index (χ4n) is 1.34. The highest BCUT2D eigenvalue weighted by Gasteiger charge is 1.91. The van der Waals surface area contributed by atoms with E-state index in [1.807, 2.05) is 18.8 Å². The van der Waals surface area contributed by atoms with Gasteiger partial charge in [0.15, 0.2) is 8.38 Å². The average molecular weight is 262 g/mol. The van der Waals surface area contributed by atoms with Gasteiger partial charge in [-0.25, -0.2) is 0 Å². The van der Waals surface area contributed by atoms with Gasteiger partial charge >= 0.3 is 0 Å². The summed E-state index contributed by atoms with van der Waals surface area (Å²) < 4.78 is 9.48. The van der Waals surface area contributed by atoms with Crippen LogP contribution in [0.2, 0.25) is 0 Å². The molecule has 96 valence electrons. The second-order valence-electron chi connectivity index (χ2n) is 3.54. The first-order valence-electron chi connectivity index (χ1n) is 5.70. The van der Waals surface area contributed by atoms with Gasteiger partial charge in [0.05, 0.1) is 0 Å². The summed E-state index contributed by atoms with van der Waals surface area (Å²) in [6.07, 6.45) is 0. The summed E-state index contributed by atoms with van der Waals surface area (Å²) >= 11 is 0. The zero-order valence-electron chi connectivity index (χ0n) is 11.0. The van der Waals surface area contributed by atoms with Crippen molar-refractivity contribution in [1.82, 2.24) is 0 Å². The van der Waals surface area contributed by atoms with Crippen LogP contribution in [0.3, 0.4) is 0 Å². The van der Waals surface area contributed by atoms with Crippen molar-refractivity contribution in [2.75, 3.05) is 20.9 Å². The molecule has 0 heterocycles. The molecule has 3 heteroatoms. The molecule has 0 aromatic heterocycles. The predicted octanol–water partition coefficient (Wildman–Crippen LogP) is 4.57. The van der Waals surface area contributed by atoms with Crippen LogP contribution in [0, 0.1) is 0 Å². The summed E-state index contributed by atoms with van der Waals surface area (Å²) in [5.41, 5.74) is 2.55. The quantitative estimate of drug-likeness (QED) is 0.754. The highest BCUT2D eigenvalue weighted by atomic mass is 31.2. The molecule has 0 aliphatic heterocycles. The van der Waals surface area contributed by atoms with E-state index in [9.17, 15) is 0 Å². The lowest BCUT2D eigenvalue weighted by atomic mass is 10.1. The van der Waals surface area contributed by atoms with Crippen molar-refractivity contribution in [2.24, 2.45) is 0 Å². The molecule has 0 radical (unpaired) electrons. The van der Waals surface area contributed by atoms with Crippen molar-refractivity contribution in [2.45, 2.75) is 0 Å². The highest BCUT2D eigenvalue weighted by molar-refractivity contribution is 7.46. The van der Waals surface area contributed by atoms with E-state index in [0.717, 1.165) is 0 Å². The summed E-state index contributed by atoms with van der Waals surface area (Å²) in [4.78, 5) is 0. The van der Waals surface area contributed by atoms with Crippen LogP contribution in [-0.2, 0) is 9.05 Å². The molecule has 0 bridgehead atoms. The molecular weight excluding hydrogens is 243 g/mol. The minimum Gasteiger partial charge on any atom is -0.338 e. The Balaban J connectivity index is 0.000000232. The van der Waals surface area contributed by atoms with Gasteiger partial charge in [-0.05, 0) is 11.1 Å². The average Bonchev–Trinajstić information content (AvgIpc) is 2.49. The lowest BCUT2D eigenvalue weighted by Crippen LogP contribution is -1.74. The third-order valence-electron chi connectivity index (χ3n) is 2.40. The van der Waals surface area contributed by atoms with Gasteiger partial charge in [0.1, 0.15) is 0 Å². The second-order valence-corrected chi connectivity index (χ2v) is 5.15. The SMILES string of the molecule is COP(C)OC.c1ccc(-c2ccccc2)cc1. The molecule has 0 saturated heterocycles. The van der Waals surface area contributed by atoms with E-state index < -0.39 is 8.38 Å². The van der Waals surface area contributed by atoms with E-state index in [4.69, 9.17) is 9.05 Å². The number of rotatable bonds is 3. The minimum absolute atomic E-state index is 0.576. The predicted molar refractivity (Wildman–Crippen MR) is 78.7 cm³/mol. The number of hydrogen-bond donors (Lipinski definition) is 0. The lowest BCUT2D eigenvalue weighted by molar-refractivity contribution is 0.346. The maximum absolute atomic E-state index is 4.74. The molecule has 2 rings (SSSR count). The molecule has 0 saturated carbocycles. The van der Waals surface area contributed by atoms with Gasteiger partial charge in [-0.1, -0.05) is 60.7 Å². The molecular formula is C15H19O2P. The van der Waals surface area contributed by atoms with Crippen LogP contribution in [0.25, 0.3) is 11.1 Å². The summed E-state index contributed by atoms with van der Waals surface area (Å²) in [6.45, 7) is 1.90. The van der Waals surface area contributed by atoms with E-state index in [2.05, 4.69) is 48.5 Å². The molecule has 2 aromatic carbocycles. The smallest absolute Gasteiger partial charge is 0.166 e. The van der Waals surface area contributed by atoms with Crippen molar-refractivity contribution >= 4 is 8.38 Å². The first kappa shape index (κ1) is 14.8. The molecule has 0 amide bonds. The summed E-state index contributed by atoms with van der Waals surface area (Å²) in [6, 6.07) is 20.8. The Hall–Kier alpha value is -1.21. The third kappa shape index (κ3) is 5.42.